The van der Waals surface area contributed by atoms with Gasteiger partial charge in [0, 0.05) is 43.5 Å². The van der Waals surface area contributed by atoms with Crippen molar-refractivity contribution in [3.63, 3.8) is 0 Å². The number of carbonyl (C=O) groups excluding carboxylic acids is 1. The summed E-state index contributed by atoms with van der Waals surface area (Å²) < 4.78 is 2.06. The second-order valence-electron chi connectivity index (χ2n) is 6.23. The van der Waals surface area contributed by atoms with Crippen molar-refractivity contribution in [1.82, 2.24) is 19.4 Å². The lowest BCUT2D eigenvalue weighted by atomic mass is 9.98. The molecule has 1 saturated heterocycles. The van der Waals surface area contributed by atoms with Crippen LogP contribution < -0.4 is 0 Å². The second kappa shape index (κ2) is 6.73. The first-order valence-electron chi connectivity index (χ1n) is 8.38. The molecule has 0 aliphatic carbocycles. The minimum absolute atomic E-state index is 0.231. The van der Waals surface area contributed by atoms with Crippen LogP contribution in [0.5, 0.6) is 0 Å². The zero-order valence-corrected chi connectivity index (χ0v) is 14.3. The van der Waals surface area contributed by atoms with Crippen LogP contribution in [0, 0.1) is 0 Å². The van der Waals surface area contributed by atoms with E-state index in [2.05, 4.69) is 14.5 Å². The van der Waals surface area contributed by atoms with Crippen LogP contribution in [0.3, 0.4) is 0 Å². The van der Waals surface area contributed by atoms with E-state index in [4.69, 9.17) is 0 Å². The molecule has 0 saturated carbocycles. The molecule has 0 bridgehead atoms. The molecule has 1 fully saturated rings. The summed E-state index contributed by atoms with van der Waals surface area (Å²) in [5.41, 5.74) is 2.07. The summed E-state index contributed by atoms with van der Waals surface area (Å²) >= 11 is 1.69. The van der Waals surface area contributed by atoms with Crippen LogP contribution in [0.2, 0.25) is 0 Å². The number of aromatic nitrogens is 3. The van der Waals surface area contributed by atoms with Gasteiger partial charge in [0.1, 0.15) is 0 Å². The summed E-state index contributed by atoms with van der Waals surface area (Å²) in [4.78, 5) is 23.4. The van der Waals surface area contributed by atoms with Gasteiger partial charge in [-0.3, -0.25) is 4.79 Å². The molecule has 0 spiro atoms. The van der Waals surface area contributed by atoms with Gasteiger partial charge in [-0.15, -0.1) is 11.3 Å². The number of aryl methyl sites for hydroxylation is 1. The largest absolute Gasteiger partial charge is 0.342 e. The number of benzene rings is 1. The minimum atomic E-state index is 0.231. The highest BCUT2D eigenvalue weighted by molar-refractivity contribution is 7.09. The number of hydrogen-bond donors (Lipinski definition) is 0. The lowest BCUT2D eigenvalue weighted by Crippen LogP contribution is -2.39. The Morgan fingerprint density at radius 1 is 1.29 bits per heavy atom. The van der Waals surface area contributed by atoms with Crippen molar-refractivity contribution in [2.24, 2.45) is 0 Å². The summed E-state index contributed by atoms with van der Waals surface area (Å²) in [5, 5.41) is 3.17. The first kappa shape index (κ1) is 15.3. The van der Waals surface area contributed by atoms with E-state index >= 15 is 0 Å². The highest BCUT2D eigenvalue weighted by atomic mass is 32.1. The molecular weight excluding hydrogens is 320 g/mol. The van der Waals surface area contributed by atoms with E-state index in [1.807, 2.05) is 47.1 Å². The van der Waals surface area contributed by atoms with Crippen LogP contribution >= 0.6 is 11.3 Å². The molecule has 0 radical (unpaired) electrons. The summed E-state index contributed by atoms with van der Waals surface area (Å²) in [5.74, 6) is 0.630. The van der Waals surface area contributed by atoms with Crippen molar-refractivity contribution >= 4 is 28.3 Å². The fourth-order valence-electron chi connectivity index (χ4n) is 3.40. The number of thiazole rings is 1. The molecule has 2 aromatic heterocycles. The number of imidazole rings is 1. The van der Waals surface area contributed by atoms with Gasteiger partial charge < -0.3 is 9.47 Å². The summed E-state index contributed by atoms with van der Waals surface area (Å²) in [6.07, 6.45) is 6.38. The van der Waals surface area contributed by atoms with Crippen molar-refractivity contribution in [3.05, 3.63) is 47.2 Å². The SMILES string of the molecule is O=C(CCn1cnc2ccccc21)N1CCC[C@H](c2nccs2)C1. The van der Waals surface area contributed by atoms with Gasteiger partial charge in [0.05, 0.1) is 22.4 Å². The molecule has 3 aromatic rings. The van der Waals surface area contributed by atoms with Gasteiger partial charge in [-0.1, -0.05) is 12.1 Å². The number of fused-ring (bicyclic) bond motifs is 1. The first-order valence-corrected chi connectivity index (χ1v) is 9.26. The quantitative estimate of drug-likeness (QED) is 0.732. The number of likely N-dealkylation sites (tertiary alicyclic amines) is 1. The average molecular weight is 340 g/mol. The van der Waals surface area contributed by atoms with E-state index in [1.165, 1.54) is 0 Å². The zero-order chi connectivity index (χ0) is 16.4. The van der Waals surface area contributed by atoms with Crippen LogP contribution in [0.1, 0.15) is 30.2 Å². The Morgan fingerprint density at radius 3 is 3.08 bits per heavy atom. The third-order valence-corrected chi connectivity index (χ3v) is 5.61. The van der Waals surface area contributed by atoms with Gasteiger partial charge in [0.15, 0.2) is 0 Å². The van der Waals surface area contributed by atoms with E-state index in [0.29, 0.717) is 18.9 Å². The zero-order valence-electron chi connectivity index (χ0n) is 13.5. The molecule has 0 unspecified atom stereocenters. The second-order valence-corrected chi connectivity index (χ2v) is 7.15. The van der Waals surface area contributed by atoms with Crippen molar-refractivity contribution < 1.29 is 4.79 Å². The summed E-state index contributed by atoms with van der Waals surface area (Å²) in [6.45, 7) is 2.35. The lowest BCUT2D eigenvalue weighted by Gasteiger charge is -2.32. The Labute approximate surface area is 145 Å². The van der Waals surface area contributed by atoms with Crippen molar-refractivity contribution in [2.45, 2.75) is 31.7 Å². The average Bonchev–Trinajstić information content (AvgIpc) is 3.30. The van der Waals surface area contributed by atoms with Gasteiger partial charge in [0.2, 0.25) is 5.91 Å². The van der Waals surface area contributed by atoms with Gasteiger partial charge in [-0.25, -0.2) is 9.97 Å². The minimum Gasteiger partial charge on any atom is -0.342 e. The normalized spacial score (nSPS) is 18.2. The van der Waals surface area contributed by atoms with Crippen LogP contribution in [0.4, 0.5) is 0 Å². The molecule has 24 heavy (non-hydrogen) atoms. The Bertz CT molecular complexity index is 827. The predicted octanol–water partition coefficient (Wildman–Crippen LogP) is 3.29. The maximum atomic E-state index is 12.6. The smallest absolute Gasteiger partial charge is 0.224 e. The molecule has 6 heteroatoms. The number of carbonyl (C=O) groups is 1. The summed E-state index contributed by atoms with van der Waals surface area (Å²) in [6, 6.07) is 8.03. The maximum absolute atomic E-state index is 12.6. The van der Waals surface area contributed by atoms with Crippen molar-refractivity contribution in [1.29, 1.82) is 0 Å². The molecule has 124 valence electrons. The number of amides is 1. The number of para-hydroxylation sites is 2. The Hall–Kier alpha value is -2.21. The molecule has 1 atom stereocenters. The lowest BCUT2D eigenvalue weighted by molar-refractivity contribution is -0.132. The number of nitrogens with zero attached hydrogens (tertiary/aromatic N) is 4. The van der Waals surface area contributed by atoms with Gasteiger partial charge in [-0.2, -0.15) is 0 Å². The van der Waals surface area contributed by atoms with Gasteiger partial charge >= 0.3 is 0 Å². The number of piperidine rings is 1. The number of rotatable bonds is 4. The fourth-order valence-corrected chi connectivity index (χ4v) is 4.17. The first-order chi connectivity index (χ1) is 11.8. The van der Waals surface area contributed by atoms with E-state index < -0.39 is 0 Å². The third-order valence-electron chi connectivity index (χ3n) is 4.67. The molecule has 1 aromatic carbocycles. The van der Waals surface area contributed by atoms with Gasteiger partial charge in [0.25, 0.3) is 0 Å². The van der Waals surface area contributed by atoms with Crippen LogP contribution in [-0.4, -0.2) is 38.4 Å². The topological polar surface area (TPSA) is 51.0 Å². The van der Waals surface area contributed by atoms with E-state index in [1.54, 1.807) is 11.3 Å². The monoisotopic (exact) mass is 340 g/mol. The molecule has 5 nitrogen and oxygen atoms in total. The molecular formula is C18H20N4OS. The third kappa shape index (κ3) is 3.06. The van der Waals surface area contributed by atoms with Crippen molar-refractivity contribution in [2.75, 3.05) is 13.1 Å². The molecule has 1 aliphatic rings. The van der Waals surface area contributed by atoms with Crippen molar-refractivity contribution in [3.8, 4) is 0 Å². The molecule has 3 heterocycles. The predicted molar refractivity (Wildman–Crippen MR) is 95.0 cm³/mol. The highest BCUT2D eigenvalue weighted by Gasteiger charge is 2.25. The van der Waals surface area contributed by atoms with E-state index in [0.717, 1.165) is 42.0 Å². The van der Waals surface area contributed by atoms with E-state index in [9.17, 15) is 4.79 Å². The Morgan fingerprint density at radius 2 is 2.21 bits per heavy atom. The Balaban J connectivity index is 1.39. The van der Waals surface area contributed by atoms with Crippen LogP contribution in [0.25, 0.3) is 11.0 Å². The van der Waals surface area contributed by atoms with Crippen LogP contribution in [0.15, 0.2) is 42.2 Å². The van der Waals surface area contributed by atoms with Crippen LogP contribution in [-0.2, 0) is 11.3 Å². The van der Waals surface area contributed by atoms with E-state index in [-0.39, 0.29) is 5.91 Å². The molecule has 0 N–H and O–H groups in total. The highest BCUT2D eigenvalue weighted by Crippen LogP contribution is 2.28. The molecule has 4 rings (SSSR count). The number of hydrogen-bond acceptors (Lipinski definition) is 4. The molecule has 1 amide bonds. The van der Waals surface area contributed by atoms with Gasteiger partial charge in [-0.05, 0) is 25.0 Å². The standard InChI is InChI=1S/C18H20N4OS/c23-17(7-10-22-13-20-15-5-1-2-6-16(15)22)21-9-3-4-14(12-21)18-19-8-11-24-18/h1-2,5-6,8,11,13-14H,3-4,7,9-10,12H2/t14-/m0/s1. The fraction of sp³-hybridized carbons (Fsp3) is 0.389. The maximum Gasteiger partial charge on any atom is 0.224 e. The molecule has 1 aliphatic heterocycles. The summed E-state index contributed by atoms with van der Waals surface area (Å²) in [7, 11) is 0. The Kier molecular flexibility index (Phi) is 4.30.